The molecule has 0 radical (unpaired) electrons. The Bertz CT molecular complexity index is 2490. The van der Waals surface area contributed by atoms with Gasteiger partial charge in [0.05, 0.1) is 120 Å². The van der Waals surface area contributed by atoms with E-state index in [9.17, 15) is 19.2 Å². The van der Waals surface area contributed by atoms with Crippen molar-refractivity contribution in [1.29, 1.82) is 0 Å². The van der Waals surface area contributed by atoms with Gasteiger partial charge in [0, 0.05) is 137 Å². The lowest BCUT2D eigenvalue weighted by Gasteiger charge is -2.33. The predicted octanol–water partition coefficient (Wildman–Crippen LogP) is 5.27. The Morgan fingerprint density at radius 3 is 0.533 bits per heavy atom. The summed E-state index contributed by atoms with van der Waals surface area (Å²) in [4.78, 5) is 83.5. The molecule has 0 aromatic rings. The van der Waals surface area contributed by atoms with Gasteiger partial charge >= 0.3 is 0 Å². The molecule has 0 aromatic carbocycles. The predicted molar refractivity (Wildman–Crippen MR) is 311 cm³/mol. The fourth-order valence-electron chi connectivity index (χ4n) is 7.16. The minimum absolute atomic E-state index is 0.0643. The van der Waals surface area contributed by atoms with E-state index in [0.29, 0.717) is 0 Å². The van der Waals surface area contributed by atoms with Crippen molar-refractivity contribution < 1.29 is 61.8 Å². The Hall–Kier alpha value is -10.8. The average molecular weight is 1300 g/mol. The number of ether oxygens (including phenoxy) is 9. The molecule has 92 heavy (non-hydrogen) atoms. The van der Waals surface area contributed by atoms with E-state index >= 15 is 0 Å². The summed E-state index contributed by atoms with van der Waals surface area (Å²) in [6.07, 6.45) is 0. The van der Waals surface area contributed by atoms with Crippen LogP contribution in [0.3, 0.4) is 0 Å². The van der Waals surface area contributed by atoms with E-state index in [4.69, 9.17) is 109 Å². The number of azide groups is 12. The molecule has 4 N–H and O–H groups in total. The summed E-state index contributed by atoms with van der Waals surface area (Å²) in [5, 5.41) is 51.0. The van der Waals surface area contributed by atoms with Crippen LogP contribution >= 0.6 is 0 Å². The molecule has 0 saturated heterocycles. The van der Waals surface area contributed by atoms with Crippen molar-refractivity contribution in [2.24, 2.45) is 66.8 Å². The highest BCUT2D eigenvalue weighted by Gasteiger charge is 2.35. The van der Waals surface area contributed by atoms with Gasteiger partial charge in [0.15, 0.2) is 0 Å². The lowest BCUT2D eigenvalue weighted by Crippen LogP contribution is -2.56. The molecule has 0 saturated carbocycles. The number of hydrogen-bond donors (Lipinski definition) is 4. The van der Waals surface area contributed by atoms with E-state index in [2.05, 4.69) is 142 Å². The number of amides is 4. The molecule has 0 heterocycles. The standard InChI is InChI=1S/C39H64N40O13/c40-68-52-15-36(16-53-69-41,17-54-70-42)64-31(80)11-85-3-1-84-2-7-89-27-35(28-90-8-4-86-12-32(81)65-37(18-55-71-43,19-56-72-44)20-57-73-45,29-91-9-5-87-13-33(82)66-38(21-58-74-46,22-59-75-47)23-60-76-48)30-92-10-6-88-14-34(83)67-39(24-61-77-49,25-62-78-50)26-63-79-51/h1-30H2,(H,64,80)(H,65,81)(H,66,82)(H,67,83). The molecule has 498 valence electrons. The first-order valence-corrected chi connectivity index (χ1v) is 26.2. The smallest absolute Gasteiger partial charge is 0.246 e. The van der Waals surface area contributed by atoms with Crippen LogP contribution in [0.2, 0.25) is 0 Å². The molecule has 0 aliphatic carbocycles. The Labute approximate surface area is 517 Å². The van der Waals surface area contributed by atoms with Crippen LogP contribution in [0.15, 0.2) is 61.4 Å². The van der Waals surface area contributed by atoms with Crippen LogP contribution in [0, 0.1) is 5.41 Å². The van der Waals surface area contributed by atoms with Gasteiger partial charge < -0.3 is 63.9 Å². The first-order chi connectivity index (χ1) is 44.6. The second-order valence-corrected chi connectivity index (χ2v) is 18.5. The summed E-state index contributed by atoms with van der Waals surface area (Å²) in [6.45, 7) is -10.5. The summed E-state index contributed by atoms with van der Waals surface area (Å²) in [5.74, 6) is -3.13. The third kappa shape index (κ3) is 38.5. The van der Waals surface area contributed by atoms with Crippen molar-refractivity contribution >= 4 is 23.6 Å². The van der Waals surface area contributed by atoms with Crippen LogP contribution in [0.25, 0.3) is 125 Å². The van der Waals surface area contributed by atoms with Crippen molar-refractivity contribution in [3.05, 3.63) is 125 Å². The largest absolute Gasteiger partial charge is 0.378 e. The van der Waals surface area contributed by atoms with Gasteiger partial charge in [-0.05, 0) is 66.4 Å². The SMILES string of the molecule is [N-]=[N+]=NCC(CN=[N+]=[N-])(CN=[N+]=[N-])NC(=O)COCCOCCOCC(COCCOCC(=O)NC(CN=[N+]=[N-])(CN=[N+]=[N-])CN=[N+]=[N-])(COCCOCC(=O)NC(CN=[N+]=[N-])(CN=[N+]=[N-])CN=[N+]=[N-])COCCOCC(=O)NC(CN=[N+]=[N-])(CN=[N+]=[N-])CN=[N+]=[N-]. The summed E-state index contributed by atoms with van der Waals surface area (Å²) in [5.41, 5.74) is 99.0. The van der Waals surface area contributed by atoms with Crippen LogP contribution in [0.5, 0.6) is 0 Å². The third-order valence-electron chi connectivity index (χ3n) is 11.3. The first-order valence-electron chi connectivity index (χ1n) is 26.2. The van der Waals surface area contributed by atoms with Gasteiger partial charge in [-0.25, -0.2) is 0 Å². The van der Waals surface area contributed by atoms with Crippen LogP contribution in [-0.4, -0.2) is 243 Å². The van der Waals surface area contributed by atoms with Gasteiger partial charge in [0.25, 0.3) is 0 Å². The molecule has 0 rings (SSSR count). The summed E-state index contributed by atoms with van der Waals surface area (Å²) >= 11 is 0. The number of nitrogens with zero attached hydrogens (tertiary/aromatic N) is 36. The maximum atomic E-state index is 13.0. The number of carbonyl (C=O) groups is 4. The fourth-order valence-corrected chi connectivity index (χ4v) is 7.16. The van der Waals surface area contributed by atoms with Crippen molar-refractivity contribution in [3.8, 4) is 0 Å². The van der Waals surface area contributed by atoms with Crippen LogP contribution < -0.4 is 21.3 Å². The topological polar surface area (TPSA) is 785 Å². The number of rotatable bonds is 59. The summed E-state index contributed by atoms with van der Waals surface area (Å²) < 4.78 is 51.5. The van der Waals surface area contributed by atoms with Gasteiger partial charge in [-0.3, -0.25) is 19.2 Å². The highest BCUT2D eigenvalue weighted by molar-refractivity contribution is 5.79. The van der Waals surface area contributed by atoms with Gasteiger partial charge in [-0.2, -0.15) is 0 Å². The van der Waals surface area contributed by atoms with Crippen molar-refractivity contribution in [2.75, 3.05) is 197 Å². The minimum atomic E-state index is -1.60. The highest BCUT2D eigenvalue weighted by atomic mass is 16.6. The van der Waals surface area contributed by atoms with E-state index in [-0.39, 0.29) is 92.5 Å². The molecule has 0 fully saturated rings. The second kappa shape index (κ2) is 52.2. The molecule has 0 atom stereocenters. The van der Waals surface area contributed by atoms with Crippen molar-refractivity contribution in [1.82, 2.24) is 21.3 Å². The first kappa shape index (κ1) is 81.2. The molecule has 0 spiro atoms. The minimum Gasteiger partial charge on any atom is -0.378 e. The van der Waals surface area contributed by atoms with Crippen LogP contribution in [-0.2, 0) is 61.8 Å². The third-order valence-corrected chi connectivity index (χ3v) is 11.3. The monoisotopic (exact) mass is 1300 g/mol. The summed E-state index contributed by atoms with van der Waals surface area (Å²) in [7, 11) is 0. The van der Waals surface area contributed by atoms with Crippen LogP contribution in [0.1, 0.15) is 0 Å². The average Bonchev–Trinajstić information content (AvgIpc) is 1.81. The molecule has 0 aromatic heterocycles. The number of hydrogen-bond acceptors (Lipinski definition) is 25. The van der Waals surface area contributed by atoms with Crippen molar-refractivity contribution in [3.63, 3.8) is 0 Å². The molecule has 0 aliphatic rings. The molecular weight excluding hydrogens is 1240 g/mol. The Morgan fingerprint density at radius 1 is 0.239 bits per heavy atom. The molecule has 0 bridgehead atoms. The van der Waals surface area contributed by atoms with Crippen LogP contribution in [0.4, 0.5) is 0 Å². The Kier molecular flexibility index (Phi) is 46.1. The Morgan fingerprint density at radius 2 is 0.380 bits per heavy atom. The zero-order valence-electron chi connectivity index (χ0n) is 49.1. The molecule has 53 nitrogen and oxygen atoms in total. The molecule has 53 heteroatoms. The normalized spacial score (nSPS) is 13.3. The van der Waals surface area contributed by atoms with Gasteiger partial charge in [0.1, 0.15) is 26.4 Å². The van der Waals surface area contributed by atoms with Crippen molar-refractivity contribution in [2.45, 2.75) is 22.2 Å². The molecular formula is C39H64N40O13. The zero-order chi connectivity index (χ0) is 68.2. The highest BCUT2D eigenvalue weighted by Crippen LogP contribution is 2.22. The fraction of sp³-hybridized carbons (Fsp3) is 0.897. The molecule has 4 amide bonds. The van der Waals surface area contributed by atoms with Gasteiger partial charge in [0.2, 0.25) is 23.6 Å². The van der Waals surface area contributed by atoms with E-state index in [1.165, 1.54) is 0 Å². The quantitative estimate of drug-likeness (QED) is 0.0261. The van der Waals surface area contributed by atoms with Gasteiger partial charge in [-0.1, -0.05) is 61.4 Å². The molecule has 0 unspecified atom stereocenters. The van der Waals surface area contributed by atoms with E-state index < -0.39 is 156 Å². The van der Waals surface area contributed by atoms with E-state index in [1.54, 1.807) is 0 Å². The Balaban J connectivity index is 6.59. The lowest BCUT2D eigenvalue weighted by molar-refractivity contribution is -0.133. The summed E-state index contributed by atoms with van der Waals surface area (Å²) in [6, 6.07) is 0. The zero-order valence-corrected chi connectivity index (χ0v) is 49.1. The number of carbonyl (C=O) groups excluding carboxylic acids is 4. The van der Waals surface area contributed by atoms with E-state index in [1.807, 2.05) is 0 Å². The molecule has 0 aliphatic heterocycles. The maximum Gasteiger partial charge on any atom is 0.246 e. The maximum absolute atomic E-state index is 13.0. The lowest BCUT2D eigenvalue weighted by atomic mass is 9.92. The van der Waals surface area contributed by atoms with Gasteiger partial charge in [-0.15, -0.1) is 0 Å². The van der Waals surface area contributed by atoms with E-state index in [0.717, 1.165) is 0 Å². The second-order valence-electron chi connectivity index (χ2n) is 18.5. The number of nitrogens with one attached hydrogen (secondary N) is 4.